The van der Waals surface area contributed by atoms with Crippen molar-refractivity contribution in [1.29, 1.82) is 0 Å². The first-order chi connectivity index (χ1) is 14.5. The number of ether oxygens (including phenoxy) is 2. The second kappa shape index (κ2) is 8.46. The lowest BCUT2D eigenvalue weighted by molar-refractivity contribution is -0.485. The normalized spacial score (nSPS) is 24.3. The van der Waals surface area contributed by atoms with E-state index >= 15 is 0 Å². The first-order valence-corrected chi connectivity index (χ1v) is 8.80. The van der Waals surface area contributed by atoms with Crippen LogP contribution in [0.5, 0.6) is 0 Å². The van der Waals surface area contributed by atoms with Gasteiger partial charge in [0.2, 0.25) is 5.67 Å². The molecule has 0 amide bonds. The molecule has 0 heterocycles. The van der Waals surface area contributed by atoms with Gasteiger partial charge in [0.1, 0.15) is 12.7 Å². The average molecular weight is 506 g/mol. The van der Waals surface area contributed by atoms with E-state index in [0.717, 1.165) is 13.8 Å². The molecule has 1 atom stereocenters. The van der Waals surface area contributed by atoms with Crippen molar-refractivity contribution in [3.8, 4) is 0 Å². The van der Waals surface area contributed by atoms with Crippen LogP contribution in [0.15, 0.2) is 24.3 Å². The van der Waals surface area contributed by atoms with Crippen LogP contribution >= 0.6 is 0 Å². The van der Waals surface area contributed by atoms with E-state index in [-0.39, 0.29) is 5.57 Å². The van der Waals surface area contributed by atoms with Crippen LogP contribution < -0.4 is 0 Å². The molecule has 0 aromatic rings. The quantitative estimate of drug-likeness (QED) is 0.256. The monoisotopic (exact) mass is 506 g/mol. The standard InChI is InChI=1S/C18H17F11O4/c1-8(2)11(30)32-7-10(33-12(31)9(3)4)5-6-13(19)14(20,21)16(24,25)18(28,29)17(26,27)15(13,22)23/h10H,1,3,5-7H2,2,4H3. The van der Waals surface area contributed by atoms with Gasteiger partial charge in [-0.05, 0) is 26.7 Å². The van der Waals surface area contributed by atoms with Gasteiger partial charge in [-0.1, -0.05) is 13.2 Å². The summed E-state index contributed by atoms with van der Waals surface area (Å²) in [4.78, 5) is 23.0. The molecular formula is C18H17F11O4. The number of halogens is 11. The lowest BCUT2D eigenvalue weighted by Crippen LogP contribution is -2.83. The molecule has 0 bridgehead atoms. The molecule has 190 valence electrons. The first-order valence-electron chi connectivity index (χ1n) is 8.80. The van der Waals surface area contributed by atoms with Crippen molar-refractivity contribution >= 4 is 11.9 Å². The third kappa shape index (κ3) is 4.07. The Morgan fingerprint density at radius 3 is 1.42 bits per heavy atom. The van der Waals surface area contributed by atoms with E-state index in [9.17, 15) is 57.9 Å². The summed E-state index contributed by atoms with van der Waals surface area (Å²) in [5.41, 5.74) is -6.90. The SMILES string of the molecule is C=C(C)C(=O)OCC(CCC1(F)C(F)(F)C(F)(F)C(F)(F)C(F)(F)C1(F)F)OC(=O)C(=C)C. The molecule has 33 heavy (non-hydrogen) atoms. The van der Waals surface area contributed by atoms with Gasteiger partial charge in [-0.15, -0.1) is 0 Å². The van der Waals surface area contributed by atoms with Crippen molar-refractivity contribution in [2.24, 2.45) is 0 Å². The lowest BCUT2D eigenvalue weighted by Gasteiger charge is -2.52. The van der Waals surface area contributed by atoms with E-state index in [1.807, 2.05) is 0 Å². The Bertz CT molecular complexity index is 805. The highest BCUT2D eigenvalue weighted by atomic mass is 19.4. The molecule has 1 saturated carbocycles. The van der Waals surface area contributed by atoms with Gasteiger partial charge in [-0.2, -0.15) is 43.9 Å². The number of hydrogen-bond acceptors (Lipinski definition) is 4. The molecule has 15 heteroatoms. The van der Waals surface area contributed by atoms with E-state index in [0.29, 0.717) is 0 Å². The Morgan fingerprint density at radius 1 is 0.697 bits per heavy atom. The summed E-state index contributed by atoms with van der Waals surface area (Å²) >= 11 is 0. The van der Waals surface area contributed by atoms with Gasteiger partial charge in [-0.3, -0.25) is 0 Å². The number of carbonyl (C=O) groups excluding carboxylic acids is 2. The first kappa shape index (κ1) is 28.7. The predicted molar refractivity (Wildman–Crippen MR) is 88.3 cm³/mol. The van der Waals surface area contributed by atoms with Crippen LogP contribution in [-0.2, 0) is 19.1 Å². The molecule has 1 unspecified atom stereocenters. The molecule has 0 spiro atoms. The molecule has 0 aromatic carbocycles. The molecule has 0 N–H and O–H groups in total. The molecule has 1 aliphatic carbocycles. The van der Waals surface area contributed by atoms with Gasteiger partial charge in [0.05, 0.1) is 0 Å². The largest absolute Gasteiger partial charge is 0.458 e. The van der Waals surface area contributed by atoms with E-state index in [4.69, 9.17) is 0 Å². The zero-order valence-electron chi connectivity index (χ0n) is 16.9. The molecule has 0 radical (unpaired) electrons. The van der Waals surface area contributed by atoms with Crippen molar-refractivity contribution in [3.05, 3.63) is 24.3 Å². The second-order valence-corrected chi connectivity index (χ2v) is 7.40. The third-order valence-electron chi connectivity index (χ3n) is 4.75. The molecule has 0 aromatic heterocycles. The Kier molecular flexibility index (Phi) is 7.35. The van der Waals surface area contributed by atoms with Crippen LogP contribution in [0.2, 0.25) is 0 Å². The maximum absolute atomic E-state index is 14.8. The Labute approximate surface area is 179 Å². The Hall–Kier alpha value is -2.35. The van der Waals surface area contributed by atoms with Gasteiger partial charge in [-0.25, -0.2) is 14.0 Å². The van der Waals surface area contributed by atoms with E-state index in [2.05, 4.69) is 22.6 Å². The summed E-state index contributed by atoms with van der Waals surface area (Å²) in [5.74, 6) is -38.4. The Morgan fingerprint density at radius 2 is 1.06 bits per heavy atom. The van der Waals surface area contributed by atoms with Gasteiger partial charge in [0.15, 0.2) is 0 Å². The molecule has 4 nitrogen and oxygen atoms in total. The molecule has 1 fully saturated rings. The van der Waals surface area contributed by atoms with Crippen LogP contribution in [0.25, 0.3) is 0 Å². The van der Waals surface area contributed by atoms with Gasteiger partial charge in [0, 0.05) is 11.1 Å². The third-order valence-corrected chi connectivity index (χ3v) is 4.75. The van der Waals surface area contributed by atoms with Crippen molar-refractivity contribution in [2.75, 3.05) is 6.61 Å². The Balaban J connectivity index is 3.39. The number of hydrogen-bond donors (Lipinski definition) is 0. The fraction of sp³-hybridized carbons (Fsp3) is 0.667. The van der Waals surface area contributed by atoms with E-state index in [1.165, 1.54) is 0 Å². The minimum Gasteiger partial charge on any atom is -0.458 e. The highest BCUT2D eigenvalue weighted by Crippen LogP contribution is 2.70. The van der Waals surface area contributed by atoms with Crippen LogP contribution in [0.3, 0.4) is 0 Å². The van der Waals surface area contributed by atoms with Crippen LogP contribution in [0.4, 0.5) is 48.3 Å². The minimum absolute atomic E-state index is 0.270. The van der Waals surface area contributed by atoms with Crippen molar-refractivity contribution in [2.45, 2.75) is 68.1 Å². The van der Waals surface area contributed by atoms with Crippen LogP contribution in [0, 0.1) is 0 Å². The fourth-order valence-electron chi connectivity index (χ4n) is 2.68. The number of rotatable bonds is 8. The van der Waals surface area contributed by atoms with E-state index in [1.54, 1.807) is 0 Å². The fourth-order valence-corrected chi connectivity index (χ4v) is 2.68. The smallest absolute Gasteiger partial charge is 0.384 e. The number of alkyl halides is 11. The minimum atomic E-state index is -7.33. The average Bonchev–Trinajstić information content (AvgIpc) is 2.67. The lowest BCUT2D eigenvalue weighted by atomic mass is 9.70. The molecular weight excluding hydrogens is 489 g/mol. The molecule has 0 aliphatic heterocycles. The van der Waals surface area contributed by atoms with Crippen molar-refractivity contribution < 1.29 is 67.4 Å². The predicted octanol–water partition coefficient (Wildman–Crippen LogP) is 5.27. The maximum Gasteiger partial charge on any atom is 0.384 e. The molecule has 1 aliphatic rings. The summed E-state index contributed by atoms with van der Waals surface area (Å²) in [6.07, 6.45) is -6.41. The zero-order valence-corrected chi connectivity index (χ0v) is 16.9. The van der Waals surface area contributed by atoms with Crippen LogP contribution in [-0.4, -0.2) is 59.9 Å². The maximum atomic E-state index is 14.8. The number of carbonyl (C=O) groups is 2. The van der Waals surface area contributed by atoms with Crippen molar-refractivity contribution in [1.82, 2.24) is 0 Å². The highest BCUT2D eigenvalue weighted by Gasteiger charge is 3.00. The summed E-state index contributed by atoms with van der Waals surface area (Å²) < 4.78 is 160. The zero-order chi connectivity index (χ0) is 26.4. The summed E-state index contributed by atoms with van der Waals surface area (Å²) in [6, 6.07) is 0. The summed E-state index contributed by atoms with van der Waals surface area (Å²) in [6.45, 7) is 7.22. The number of esters is 2. The summed E-state index contributed by atoms with van der Waals surface area (Å²) in [7, 11) is 0. The van der Waals surface area contributed by atoms with Gasteiger partial charge < -0.3 is 9.47 Å². The van der Waals surface area contributed by atoms with Gasteiger partial charge in [0.25, 0.3) is 0 Å². The topological polar surface area (TPSA) is 52.6 Å². The summed E-state index contributed by atoms with van der Waals surface area (Å²) in [5, 5.41) is 0. The van der Waals surface area contributed by atoms with E-state index < -0.39 is 78.3 Å². The van der Waals surface area contributed by atoms with Crippen molar-refractivity contribution in [3.63, 3.8) is 0 Å². The molecule has 1 rings (SSSR count). The molecule has 0 saturated heterocycles. The highest BCUT2D eigenvalue weighted by molar-refractivity contribution is 5.87. The second-order valence-electron chi connectivity index (χ2n) is 7.40. The van der Waals surface area contributed by atoms with Gasteiger partial charge >= 0.3 is 41.6 Å². The van der Waals surface area contributed by atoms with Crippen LogP contribution in [0.1, 0.15) is 26.7 Å².